The number of carbonyl (C=O) groups excluding carboxylic acids is 1. The molecule has 0 aliphatic carbocycles. The maximum Gasteiger partial charge on any atom is 0.282 e. The molecule has 1 aliphatic heterocycles. The SMILES string of the molecule is Cc1cccc(C2=N/C(=C/c3ccc(Br)cc3)C(=O)N2c2ccc(O)cc2)c1. The highest BCUT2D eigenvalue weighted by molar-refractivity contribution is 9.10. The van der Waals surface area contributed by atoms with E-state index in [0.717, 1.165) is 21.2 Å². The van der Waals surface area contributed by atoms with Crippen molar-refractivity contribution in [2.75, 3.05) is 4.90 Å². The lowest BCUT2D eigenvalue weighted by Gasteiger charge is -2.18. The van der Waals surface area contributed by atoms with Gasteiger partial charge in [-0.05, 0) is 61.0 Å². The smallest absolute Gasteiger partial charge is 0.282 e. The first-order valence-electron chi connectivity index (χ1n) is 8.78. The van der Waals surface area contributed by atoms with Crippen LogP contribution in [0.15, 0.2) is 88.0 Å². The Morgan fingerprint density at radius 1 is 1.00 bits per heavy atom. The number of anilines is 1. The average molecular weight is 433 g/mol. The summed E-state index contributed by atoms with van der Waals surface area (Å²) in [4.78, 5) is 19.4. The van der Waals surface area contributed by atoms with Gasteiger partial charge < -0.3 is 5.11 Å². The number of benzene rings is 3. The Labute approximate surface area is 171 Å². The van der Waals surface area contributed by atoms with Crippen molar-refractivity contribution in [3.05, 3.63) is 99.7 Å². The third kappa shape index (κ3) is 3.62. The second-order valence-electron chi connectivity index (χ2n) is 6.54. The van der Waals surface area contributed by atoms with Crippen molar-refractivity contribution in [3.63, 3.8) is 0 Å². The molecule has 0 saturated carbocycles. The van der Waals surface area contributed by atoms with Crippen molar-refractivity contribution in [1.82, 2.24) is 0 Å². The minimum absolute atomic E-state index is 0.148. The van der Waals surface area contributed by atoms with Gasteiger partial charge in [-0.3, -0.25) is 9.69 Å². The number of phenolic OH excluding ortho intramolecular Hbond substituents is 1. The van der Waals surface area contributed by atoms with E-state index in [4.69, 9.17) is 0 Å². The molecule has 0 atom stereocenters. The molecule has 3 aromatic carbocycles. The summed E-state index contributed by atoms with van der Waals surface area (Å²) in [5.74, 6) is 0.517. The van der Waals surface area contributed by atoms with E-state index >= 15 is 0 Å². The van der Waals surface area contributed by atoms with Crippen molar-refractivity contribution >= 4 is 39.4 Å². The standard InChI is InChI=1S/C23H17BrN2O2/c1-15-3-2-4-17(13-15)22-25-21(14-16-5-7-18(24)8-6-16)23(28)26(22)19-9-11-20(27)12-10-19/h2-14,27H,1H3/b21-14+. The first-order valence-corrected chi connectivity index (χ1v) is 9.57. The molecule has 0 bridgehead atoms. The van der Waals surface area contributed by atoms with Crippen LogP contribution in [0.3, 0.4) is 0 Å². The highest BCUT2D eigenvalue weighted by Gasteiger charge is 2.32. The minimum atomic E-state index is -0.204. The molecule has 1 N–H and O–H groups in total. The monoisotopic (exact) mass is 432 g/mol. The van der Waals surface area contributed by atoms with E-state index < -0.39 is 0 Å². The number of nitrogens with zero attached hydrogens (tertiary/aromatic N) is 2. The lowest BCUT2D eigenvalue weighted by atomic mass is 10.1. The molecular weight excluding hydrogens is 416 g/mol. The lowest BCUT2D eigenvalue weighted by Crippen LogP contribution is -2.32. The van der Waals surface area contributed by atoms with Crippen LogP contribution in [0.1, 0.15) is 16.7 Å². The first kappa shape index (κ1) is 18.2. The Kier molecular flexibility index (Phi) is 4.84. The summed E-state index contributed by atoms with van der Waals surface area (Å²) in [7, 11) is 0. The summed E-state index contributed by atoms with van der Waals surface area (Å²) in [6, 6.07) is 22.1. The van der Waals surface area contributed by atoms with E-state index in [-0.39, 0.29) is 11.7 Å². The summed E-state index contributed by atoms with van der Waals surface area (Å²) < 4.78 is 0.974. The molecule has 138 valence electrons. The van der Waals surface area contributed by atoms with Crippen LogP contribution >= 0.6 is 15.9 Å². The second kappa shape index (κ2) is 7.44. The molecule has 28 heavy (non-hydrogen) atoms. The van der Waals surface area contributed by atoms with Crippen LogP contribution in [0, 0.1) is 6.92 Å². The molecule has 4 nitrogen and oxygen atoms in total. The maximum absolute atomic E-state index is 13.2. The Morgan fingerprint density at radius 3 is 2.39 bits per heavy atom. The summed E-state index contributed by atoms with van der Waals surface area (Å²) in [6.07, 6.45) is 1.78. The molecule has 0 saturated heterocycles. The Balaban J connectivity index is 1.82. The van der Waals surface area contributed by atoms with Gasteiger partial charge in [-0.25, -0.2) is 4.99 Å². The third-order valence-electron chi connectivity index (χ3n) is 4.42. The van der Waals surface area contributed by atoms with E-state index in [0.29, 0.717) is 17.2 Å². The van der Waals surface area contributed by atoms with Crippen molar-refractivity contribution in [1.29, 1.82) is 0 Å². The number of aryl methyl sites for hydroxylation is 1. The van der Waals surface area contributed by atoms with Gasteiger partial charge in [0.2, 0.25) is 0 Å². The fourth-order valence-electron chi connectivity index (χ4n) is 3.05. The number of hydrogen-bond donors (Lipinski definition) is 1. The topological polar surface area (TPSA) is 52.9 Å². The van der Waals surface area contributed by atoms with Crippen LogP contribution < -0.4 is 4.90 Å². The number of halogens is 1. The van der Waals surface area contributed by atoms with E-state index in [9.17, 15) is 9.90 Å². The van der Waals surface area contributed by atoms with Gasteiger partial charge in [0.15, 0.2) is 0 Å². The number of rotatable bonds is 3. The number of carbonyl (C=O) groups is 1. The Bertz CT molecular complexity index is 1100. The molecule has 5 heteroatoms. The van der Waals surface area contributed by atoms with Gasteiger partial charge in [0, 0.05) is 10.0 Å². The van der Waals surface area contributed by atoms with Crippen LogP contribution in [-0.2, 0) is 4.79 Å². The zero-order valence-corrected chi connectivity index (χ0v) is 16.7. The summed E-state index contributed by atoms with van der Waals surface area (Å²) >= 11 is 3.42. The molecule has 1 amide bonds. The molecule has 1 aliphatic rings. The van der Waals surface area contributed by atoms with Crippen molar-refractivity contribution in [2.45, 2.75) is 6.92 Å². The number of amides is 1. The van der Waals surface area contributed by atoms with Crippen LogP contribution in [-0.4, -0.2) is 16.8 Å². The number of aromatic hydroxyl groups is 1. The number of phenols is 1. The molecule has 0 unspecified atom stereocenters. The van der Waals surface area contributed by atoms with E-state index in [1.807, 2.05) is 55.5 Å². The summed E-state index contributed by atoms with van der Waals surface area (Å²) in [6.45, 7) is 2.00. The highest BCUT2D eigenvalue weighted by atomic mass is 79.9. The van der Waals surface area contributed by atoms with Crippen LogP contribution in [0.5, 0.6) is 5.75 Å². The van der Waals surface area contributed by atoms with Gasteiger partial charge in [0.1, 0.15) is 17.3 Å². The van der Waals surface area contributed by atoms with E-state index in [1.54, 1.807) is 35.2 Å². The molecule has 4 rings (SSSR count). The fraction of sp³-hybridized carbons (Fsp3) is 0.0435. The van der Waals surface area contributed by atoms with Crippen LogP contribution in [0.4, 0.5) is 5.69 Å². The Morgan fingerprint density at radius 2 is 1.71 bits per heavy atom. The zero-order chi connectivity index (χ0) is 19.7. The second-order valence-corrected chi connectivity index (χ2v) is 7.46. The van der Waals surface area contributed by atoms with Crippen molar-refractivity contribution in [2.24, 2.45) is 4.99 Å². The molecule has 0 fully saturated rings. The average Bonchev–Trinajstić information content (AvgIpc) is 3.01. The van der Waals surface area contributed by atoms with E-state index in [1.165, 1.54) is 0 Å². The first-order chi connectivity index (χ1) is 13.5. The van der Waals surface area contributed by atoms with Gasteiger partial charge in [0.05, 0.1) is 5.69 Å². The molecule has 1 heterocycles. The zero-order valence-electron chi connectivity index (χ0n) is 15.1. The van der Waals surface area contributed by atoms with Gasteiger partial charge >= 0.3 is 0 Å². The van der Waals surface area contributed by atoms with Gasteiger partial charge in [0.25, 0.3) is 5.91 Å². The minimum Gasteiger partial charge on any atom is -0.508 e. The third-order valence-corrected chi connectivity index (χ3v) is 4.95. The number of aliphatic imine (C=N–C) groups is 1. The fourth-order valence-corrected chi connectivity index (χ4v) is 3.32. The van der Waals surface area contributed by atoms with Crippen molar-refractivity contribution < 1.29 is 9.90 Å². The Hall–Kier alpha value is -3.18. The summed E-state index contributed by atoms with van der Waals surface area (Å²) in [5.41, 5.74) is 3.87. The highest BCUT2D eigenvalue weighted by Crippen LogP contribution is 2.29. The number of hydrogen-bond acceptors (Lipinski definition) is 3. The predicted molar refractivity (Wildman–Crippen MR) is 115 cm³/mol. The number of amidine groups is 1. The van der Waals surface area contributed by atoms with Crippen LogP contribution in [0.2, 0.25) is 0 Å². The van der Waals surface area contributed by atoms with Crippen molar-refractivity contribution in [3.8, 4) is 5.75 Å². The van der Waals surface area contributed by atoms with Crippen LogP contribution in [0.25, 0.3) is 6.08 Å². The normalized spacial score (nSPS) is 15.2. The van der Waals surface area contributed by atoms with Gasteiger partial charge in [-0.15, -0.1) is 0 Å². The van der Waals surface area contributed by atoms with Gasteiger partial charge in [-0.2, -0.15) is 0 Å². The summed E-state index contributed by atoms with van der Waals surface area (Å²) in [5, 5.41) is 9.61. The maximum atomic E-state index is 13.2. The predicted octanol–water partition coefficient (Wildman–Crippen LogP) is 5.30. The molecular formula is C23H17BrN2O2. The largest absolute Gasteiger partial charge is 0.508 e. The quantitative estimate of drug-likeness (QED) is 0.571. The molecule has 0 spiro atoms. The molecule has 0 radical (unpaired) electrons. The van der Waals surface area contributed by atoms with E-state index in [2.05, 4.69) is 20.9 Å². The van der Waals surface area contributed by atoms with Gasteiger partial charge in [-0.1, -0.05) is 51.8 Å². The lowest BCUT2D eigenvalue weighted by molar-refractivity contribution is -0.113. The molecule has 0 aromatic heterocycles. The molecule has 3 aromatic rings.